The number of carbonyl (C=O) groups is 1. The third-order valence-corrected chi connectivity index (χ3v) is 2.98. The number of hydrogen-bond donors (Lipinski definition) is 1. The number of carboxylic acids is 1. The largest absolute Gasteiger partial charge is 0.477 e. The smallest absolute Gasteiger partial charge is 0.346 e. The fourth-order valence-electron chi connectivity index (χ4n) is 1.17. The summed E-state index contributed by atoms with van der Waals surface area (Å²) in [6.45, 7) is 1.76. The van der Waals surface area contributed by atoms with Crippen LogP contribution in [0.15, 0.2) is 12.5 Å². The van der Waals surface area contributed by atoms with Gasteiger partial charge in [-0.25, -0.2) is 14.8 Å². The van der Waals surface area contributed by atoms with Crippen LogP contribution in [-0.4, -0.2) is 21.0 Å². The molecule has 2 heterocycles. The first-order valence-electron chi connectivity index (χ1n) is 3.62. The first-order valence-corrected chi connectivity index (χ1v) is 4.44. The first kappa shape index (κ1) is 8.12. The van der Waals surface area contributed by atoms with E-state index in [1.54, 1.807) is 13.1 Å². The molecular formula is C8H6N2O2S. The van der Waals surface area contributed by atoms with Crippen LogP contribution in [0.25, 0.3) is 10.2 Å². The third kappa shape index (κ3) is 1.17. The zero-order valence-corrected chi connectivity index (χ0v) is 7.63. The number of nitrogens with zero attached hydrogens (tertiary/aromatic N) is 2. The van der Waals surface area contributed by atoms with Gasteiger partial charge in [-0.3, -0.25) is 0 Å². The highest BCUT2D eigenvalue weighted by atomic mass is 32.1. The quantitative estimate of drug-likeness (QED) is 0.750. The van der Waals surface area contributed by atoms with E-state index in [9.17, 15) is 4.79 Å². The lowest BCUT2D eigenvalue weighted by atomic mass is 10.2. The molecule has 0 saturated carbocycles. The zero-order valence-electron chi connectivity index (χ0n) is 6.81. The van der Waals surface area contributed by atoms with Crippen LogP contribution in [0.5, 0.6) is 0 Å². The molecule has 13 heavy (non-hydrogen) atoms. The fraction of sp³-hybridized carbons (Fsp3) is 0.125. The summed E-state index contributed by atoms with van der Waals surface area (Å²) in [6, 6.07) is 0. The Morgan fingerprint density at radius 2 is 2.38 bits per heavy atom. The highest BCUT2D eigenvalue weighted by molar-refractivity contribution is 7.20. The van der Waals surface area contributed by atoms with Crippen molar-refractivity contribution in [3.63, 3.8) is 0 Å². The number of aromatic nitrogens is 2. The summed E-state index contributed by atoms with van der Waals surface area (Å²) in [7, 11) is 0. The molecule has 0 aliphatic rings. The lowest BCUT2D eigenvalue weighted by molar-refractivity contribution is 0.0701. The number of fused-ring (bicyclic) bond motifs is 1. The zero-order chi connectivity index (χ0) is 9.42. The second kappa shape index (κ2) is 2.77. The summed E-state index contributed by atoms with van der Waals surface area (Å²) >= 11 is 1.21. The van der Waals surface area contributed by atoms with E-state index in [2.05, 4.69) is 9.97 Å². The second-order valence-corrected chi connectivity index (χ2v) is 3.65. The summed E-state index contributed by atoms with van der Waals surface area (Å²) in [4.78, 5) is 18.9. The van der Waals surface area contributed by atoms with E-state index in [1.807, 2.05) is 0 Å². The van der Waals surface area contributed by atoms with Gasteiger partial charge < -0.3 is 5.11 Å². The van der Waals surface area contributed by atoms with Gasteiger partial charge in [0.15, 0.2) is 0 Å². The Morgan fingerprint density at radius 3 is 3.00 bits per heavy atom. The summed E-state index contributed by atoms with van der Waals surface area (Å²) < 4.78 is 0.817. The van der Waals surface area contributed by atoms with Gasteiger partial charge in [0.25, 0.3) is 0 Å². The van der Waals surface area contributed by atoms with Crippen LogP contribution < -0.4 is 0 Å². The van der Waals surface area contributed by atoms with E-state index in [1.165, 1.54) is 17.7 Å². The lowest BCUT2D eigenvalue weighted by Gasteiger charge is -1.89. The van der Waals surface area contributed by atoms with E-state index in [0.29, 0.717) is 4.88 Å². The minimum atomic E-state index is -0.902. The number of hydrogen-bond acceptors (Lipinski definition) is 4. The molecule has 0 spiro atoms. The monoisotopic (exact) mass is 194 g/mol. The van der Waals surface area contributed by atoms with Gasteiger partial charge in [0, 0.05) is 11.8 Å². The Bertz CT molecular complexity index is 478. The van der Waals surface area contributed by atoms with Crippen LogP contribution >= 0.6 is 11.3 Å². The van der Waals surface area contributed by atoms with Gasteiger partial charge in [0.05, 0.1) is 10.2 Å². The molecule has 5 heteroatoms. The Morgan fingerprint density at radius 1 is 1.62 bits per heavy atom. The van der Waals surface area contributed by atoms with Crippen molar-refractivity contribution in [2.75, 3.05) is 0 Å². The number of rotatable bonds is 1. The van der Waals surface area contributed by atoms with Gasteiger partial charge in [0.1, 0.15) is 11.2 Å². The van der Waals surface area contributed by atoms with Crippen LogP contribution in [-0.2, 0) is 0 Å². The Kier molecular flexibility index (Phi) is 1.73. The van der Waals surface area contributed by atoms with Crippen molar-refractivity contribution >= 4 is 27.5 Å². The predicted molar refractivity (Wildman–Crippen MR) is 49.1 cm³/mol. The van der Waals surface area contributed by atoms with Crippen LogP contribution in [0, 0.1) is 6.92 Å². The van der Waals surface area contributed by atoms with Gasteiger partial charge in [0.2, 0.25) is 0 Å². The SMILES string of the molecule is Cc1c(C(=O)O)sc2cncnc12. The van der Waals surface area contributed by atoms with Crippen molar-refractivity contribution in [3.8, 4) is 0 Å². The maximum absolute atomic E-state index is 10.8. The molecule has 0 saturated heterocycles. The molecule has 0 atom stereocenters. The van der Waals surface area contributed by atoms with E-state index >= 15 is 0 Å². The van der Waals surface area contributed by atoms with Crippen molar-refractivity contribution in [3.05, 3.63) is 23.0 Å². The number of aryl methyl sites for hydroxylation is 1. The third-order valence-electron chi connectivity index (χ3n) is 1.78. The molecule has 0 amide bonds. The van der Waals surface area contributed by atoms with E-state index in [0.717, 1.165) is 15.8 Å². The highest BCUT2D eigenvalue weighted by Crippen LogP contribution is 2.27. The molecular weight excluding hydrogens is 188 g/mol. The van der Waals surface area contributed by atoms with Crippen molar-refractivity contribution in [1.82, 2.24) is 9.97 Å². The maximum Gasteiger partial charge on any atom is 0.346 e. The lowest BCUT2D eigenvalue weighted by Crippen LogP contribution is -1.93. The molecule has 0 aliphatic carbocycles. The van der Waals surface area contributed by atoms with Gasteiger partial charge in [-0.05, 0) is 6.92 Å². The predicted octanol–water partition coefficient (Wildman–Crippen LogP) is 1.70. The highest BCUT2D eigenvalue weighted by Gasteiger charge is 2.14. The van der Waals surface area contributed by atoms with Crippen LogP contribution in [0.3, 0.4) is 0 Å². The van der Waals surface area contributed by atoms with Gasteiger partial charge in [-0.1, -0.05) is 0 Å². The minimum Gasteiger partial charge on any atom is -0.477 e. The van der Waals surface area contributed by atoms with Crippen LogP contribution in [0.2, 0.25) is 0 Å². The molecule has 0 bridgehead atoms. The average molecular weight is 194 g/mol. The molecule has 2 aromatic rings. The molecule has 1 N–H and O–H groups in total. The van der Waals surface area contributed by atoms with Crippen molar-refractivity contribution < 1.29 is 9.90 Å². The van der Waals surface area contributed by atoms with E-state index in [4.69, 9.17) is 5.11 Å². The molecule has 2 rings (SSSR count). The summed E-state index contributed by atoms with van der Waals surface area (Å²) in [5, 5.41) is 8.83. The Hall–Kier alpha value is -1.49. The van der Waals surface area contributed by atoms with Crippen molar-refractivity contribution in [2.45, 2.75) is 6.92 Å². The fourth-order valence-corrected chi connectivity index (χ4v) is 2.14. The second-order valence-electron chi connectivity index (χ2n) is 2.60. The summed E-state index contributed by atoms with van der Waals surface area (Å²) in [5.41, 5.74) is 1.45. The molecule has 2 aromatic heterocycles. The molecule has 66 valence electrons. The Labute approximate surface area is 77.9 Å². The molecule has 0 aliphatic heterocycles. The normalized spacial score (nSPS) is 10.5. The van der Waals surface area contributed by atoms with Gasteiger partial charge >= 0.3 is 5.97 Å². The van der Waals surface area contributed by atoms with Crippen molar-refractivity contribution in [1.29, 1.82) is 0 Å². The molecule has 0 unspecified atom stereocenters. The minimum absolute atomic E-state index is 0.343. The van der Waals surface area contributed by atoms with Crippen LogP contribution in [0.4, 0.5) is 0 Å². The summed E-state index contributed by atoms with van der Waals surface area (Å²) in [6.07, 6.45) is 3.06. The molecule has 0 fully saturated rings. The van der Waals surface area contributed by atoms with E-state index < -0.39 is 5.97 Å². The topological polar surface area (TPSA) is 63.1 Å². The number of aromatic carboxylic acids is 1. The molecule has 0 aromatic carbocycles. The van der Waals surface area contributed by atoms with E-state index in [-0.39, 0.29) is 0 Å². The standard InChI is InChI=1S/C8H6N2O2S/c1-4-6-5(2-9-3-10-6)13-7(4)8(11)12/h2-3H,1H3,(H,11,12). The number of thiophene rings is 1. The van der Waals surface area contributed by atoms with Gasteiger partial charge in [-0.15, -0.1) is 11.3 Å². The molecule has 0 radical (unpaired) electrons. The Balaban J connectivity index is 2.81. The van der Waals surface area contributed by atoms with Crippen molar-refractivity contribution in [2.24, 2.45) is 0 Å². The maximum atomic E-state index is 10.8. The number of carboxylic acid groups (broad SMARTS) is 1. The average Bonchev–Trinajstić information content (AvgIpc) is 2.45. The summed E-state index contributed by atoms with van der Waals surface area (Å²) in [5.74, 6) is -0.902. The van der Waals surface area contributed by atoms with Gasteiger partial charge in [-0.2, -0.15) is 0 Å². The first-order chi connectivity index (χ1) is 6.20. The molecule has 4 nitrogen and oxygen atoms in total. The van der Waals surface area contributed by atoms with Crippen LogP contribution in [0.1, 0.15) is 15.2 Å².